The number of halogens is 1. The average Bonchev–Trinajstić information content (AvgIpc) is 3.15. The summed E-state index contributed by atoms with van der Waals surface area (Å²) < 4.78 is 28.7. The number of H-pyrrole nitrogens is 1. The number of nitrogens with zero attached hydrogens (tertiary/aromatic N) is 3. The topological polar surface area (TPSA) is 113 Å². The van der Waals surface area contributed by atoms with Crippen LogP contribution in [0, 0.1) is 0 Å². The lowest BCUT2D eigenvalue weighted by molar-refractivity contribution is 0.492. The van der Waals surface area contributed by atoms with E-state index < -0.39 is 15.6 Å². The molecule has 1 aliphatic rings. The van der Waals surface area contributed by atoms with E-state index in [-0.39, 0.29) is 4.21 Å². The maximum atomic E-state index is 12.5. The van der Waals surface area contributed by atoms with Gasteiger partial charge in [0.05, 0.1) is 9.35 Å². The smallest absolute Gasteiger partial charge is 0.250 e. The molecular formula is C18H21BrN6O2S2. The first-order valence-corrected chi connectivity index (χ1v) is 12.2. The van der Waals surface area contributed by atoms with Crippen LogP contribution in [0.15, 0.2) is 33.1 Å². The third kappa shape index (κ3) is 4.85. The Hall–Kier alpha value is -1.82. The molecule has 154 valence electrons. The lowest BCUT2D eigenvalue weighted by atomic mass is 10.1. The maximum Gasteiger partial charge on any atom is 0.250 e. The number of aromatic amines is 1. The summed E-state index contributed by atoms with van der Waals surface area (Å²) in [4.78, 5) is 9.55. The van der Waals surface area contributed by atoms with Crippen LogP contribution in [0.2, 0.25) is 0 Å². The van der Waals surface area contributed by atoms with Gasteiger partial charge in [-0.1, -0.05) is 0 Å². The number of aromatic nitrogens is 4. The number of hydrogen-bond acceptors (Lipinski definition) is 7. The second-order valence-electron chi connectivity index (χ2n) is 7.97. The zero-order chi connectivity index (χ0) is 20.8. The van der Waals surface area contributed by atoms with E-state index in [0.717, 1.165) is 17.0 Å². The molecular weight excluding hydrogens is 476 g/mol. The number of thiophene rings is 1. The first-order valence-electron chi connectivity index (χ1n) is 9.10. The summed E-state index contributed by atoms with van der Waals surface area (Å²) in [7, 11) is -3.60. The van der Waals surface area contributed by atoms with Crippen molar-refractivity contribution in [3.8, 4) is 10.7 Å². The Kier molecular flexibility index (Phi) is 5.26. The fourth-order valence-corrected chi connectivity index (χ4v) is 5.69. The Morgan fingerprint density at radius 2 is 2.03 bits per heavy atom. The van der Waals surface area contributed by atoms with Gasteiger partial charge in [-0.3, -0.25) is 5.10 Å². The van der Waals surface area contributed by atoms with Crippen LogP contribution in [0.3, 0.4) is 0 Å². The molecule has 4 rings (SSSR count). The van der Waals surface area contributed by atoms with Gasteiger partial charge in [-0.15, -0.1) is 11.3 Å². The van der Waals surface area contributed by atoms with Gasteiger partial charge in [-0.05, 0) is 61.7 Å². The minimum Gasteiger partial charge on any atom is -0.322 e. The van der Waals surface area contributed by atoms with E-state index in [1.54, 1.807) is 39.1 Å². The van der Waals surface area contributed by atoms with Crippen LogP contribution in [0.25, 0.3) is 10.7 Å². The molecule has 0 bridgehead atoms. The van der Waals surface area contributed by atoms with Crippen LogP contribution in [0.4, 0.5) is 11.6 Å². The number of hydrogen-bond donors (Lipinski definition) is 3. The Morgan fingerprint density at radius 1 is 1.28 bits per heavy atom. The molecule has 0 saturated heterocycles. The highest BCUT2D eigenvalue weighted by molar-refractivity contribution is 9.10. The number of anilines is 2. The molecule has 0 amide bonds. The highest BCUT2D eigenvalue weighted by Crippen LogP contribution is 2.40. The largest absolute Gasteiger partial charge is 0.322 e. The summed E-state index contributed by atoms with van der Waals surface area (Å²) in [6, 6.07) is 5.27. The molecule has 0 aromatic carbocycles. The molecule has 3 heterocycles. The highest BCUT2D eigenvalue weighted by Gasteiger charge is 2.26. The van der Waals surface area contributed by atoms with Crippen molar-refractivity contribution in [2.45, 2.75) is 49.3 Å². The van der Waals surface area contributed by atoms with Crippen LogP contribution >= 0.6 is 27.3 Å². The quantitative estimate of drug-likeness (QED) is 0.466. The van der Waals surface area contributed by atoms with E-state index in [1.165, 1.54) is 12.8 Å². The number of sulfonamides is 1. The first kappa shape index (κ1) is 20.5. The molecule has 0 aliphatic heterocycles. The fraction of sp³-hybridized carbons (Fsp3) is 0.389. The van der Waals surface area contributed by atoms with Crippen LogP contribution < -0.4 is 10.0 Å². The molecule has 29 heavy (non-hydrogen) atoms. The van der Waals surface area contributed by atoms with Crippen molar-refractivity contribution in [2.24, 2.45) is 0 Å². The van der Waals surface area contributed by atoms with Gasteiger partial charge in [0.2, 0.25) is 0 Å². The second kappa shape index (κ2) is 7.46. The lowest BCUT2D eigenvalue weighted by Crippen LogP contribution is -2.40. The normalized spacial score (nSPS) is 14.9. The van der Waals surface area contributed by atoms with Gasteiger partial charge >= 0.3 is 0 Å². The summed E-state index contributed by atoms with van der Waals surface area (Å²) in [5, 5.41) is 10.5. The molecule has 8 nitrogen and oxygen atoms in total. The van der Waals surface area contributed by atoms with E-state index in [2.05, 4.69) is 46.1 Å². The van der Waals surface area contributed by atoms with Crippen molar-refractivity contribution >= 4 is 48.9 Å². The molecule has 0 radical (unpaired) electrons. The average molecular weight is 497 g/mol. The van der Waals surface area contributed by atoms with Crippen molar-refractivity contribution in [1.82, 2.24) is 24.9 Å². The van der Waals surface area contributed by atoms with E-state index in [1.807, 2.05) is 6.07 Å². The molecule has 3 N–H and O–H groups in total. The summed E-state index contributed by atoms with van der Waals surface area (Å²) >= 11 is 4.58. The molecule has 0 spiro atoms. The molecule has 1 aliphatic carbocycles. The zero-order valence-corrected chi connectivity index (χ0v) is 19.4. The van der Waals surface area contributed by atoms with Gasteiger partial charge < -0.3 is 5.32 Å². The Labute approximate surface area is 181 Å². The van der Waals surface area contributed by atoms with Crippen molar-refractivity contribution < 1.29 is 8.42 Å². The number of rotatable bonds is 6. The van der Waals surface area contributed by atoms with Crippen molar-refractivity contribution in [3.63, 3.8) is 0 Å². The predicted octanol–water partition coefficient (Wildman–Crippen LogP) is 4.39. The standard InChI is InChI=1S/C18H21BrN6O2S2/c1-18(2,3)25-29(26,27)15-7-6-13(28-15)17-20-9-11(19)16(22-17)21-14-8-12(23-24-14)10-4-5-10/h6-10,25H,4-5H2,1-3H3,(H2,20,21,22,23,24). The van der Waals surface area contributed by atoms with E-state index >= 15 is 0 Å². The van der Waals surface area contributed by atoms with Crippen molar-refractivity contribution in [3.05, 3.63) is 34.6 Å². The van der Waals surface area contributed by atoms with Crippen molar-refractivity contribution in [1.29, 1.82) is 0 Å². The fourth-order valence-electron chi connectivity index (χ4n) is 2.74. The predicted molar refractivity (Wildman–Crippen MR) is 117 cm³/mol. The summed E-state index contributed by atoms with van der Waals surface area (Å²) in [6.45, 7) is 5.41. The Bertz CT molecular complexity index is 1150. The van der Waals surface area contributed by atoms with E-state index in [0.29, 0.717) is 32.7 Å². The van der Waals surface area contributed by atoms with Crippen LogP contribution in [-0.4, -0.2) is 34.1 Å². The van der Waals surface area contributed by atoms with Gasteiger partial charge in [0.1, 0.15) is 10.0 Å². The second-order valence-corrected chi connectivity index (χ2v) is 11.8. The van der Waals surface area contributed by atoms with Gasteiger partial charge in [-0.25, -0.2) is 23.1 Å². The van der Waals surface area contributed by atoms with Crippen molar-refractivity contribution in [2.75, 3.05) is 5.32 Å². The van der Waals surface area contributed by atoms with Crippen LogP contribution in [0.1, 0.15) is 45.2 Å². The van der Waals surface area contributed by atoms with Gasteiger partial charge in [0.15, 0.2) is 11.6 Å². The molecule has 1 saturated carbocycles. The summed E-state index contributed by atoms with van der Waals surface area (Å²) in [5.74, 6) is 2.27. The lowest BCUT2D eigenvalue weighted by Gasteiger charge is -2.19. The first-order chi connectivity index (χ1) is 13.6. The number of nitrogens with one attached hydrogen (secondary N) is 3. The minimum absolute atomic E-state index is 0.227. The van der Waals surface area contributed by atoms with Gasteiger partial charge in [0, 0.05) is 29.4 Å². The molecule has 1 fully saturated rings. The van der Waals surface area contributed by atoms with E-state index in [4.69, 9.17) is 0 Å². The zero-order valence-electron chi connectivity index (χ0n) is 16.2. The Balaban J connectivity index is 1.58. The summed E-state index contributed by atoms with van der Waals surface area (Å²) in [6.07, 6.45) is 4.02. The van der Waals surface area contributed by atoms with Crippen LogP contribution in [-0.2, 0) is 10.0 Å². The Morgan fingerprint density at radius 3 is 2.72 bits per heavy atom. The third-order valence-electron chi connectivity index (χ3n) is 4.11. The molecule has 0 atom stereocenters. The van der Waals surface area contributed by atoms with Gasteiger partial charge in [-0.2, -0.15) is 5.10 Å². The van der Waals surface area contributed by atoms with Gasteiger partial charge in [0.25, 0.3) is 10.0 Å². The molecule has 11 heteroatoms. The molecule has 3 aromatic rings. The van der Waals surface area contributed by atoms with Crippen LogP contribution in [0.5, 0.6) is 0 Å². The molecule has 0 unspecified atom stereocenters. The van der Waals surface area contributed by atoms with E-state index in [9.17, 15) is 8.42 Å². The maximum absolute atomic E-state index is 12.5. The minimum atomic E-state index is -3.60. The highest BCUT2D eigenvalue weighted by atomic mass is 79.9. The third-order valence-corrected chi connectivity index (χ3v) is 8.02. The SMILES string of the molecule is CC(C)(C)NS(=O)(=O)c1ccc(-c2ncc(Br)c(Nc3cc(C4CC4)[nH]n3)n2)s1. The summed E-state index contributed by atoms with van der Waals surface area (Å²) in [5.41, 5.74) is 0.564. The monoisotopic (exact) mass is 496 g/mol. The molecule has 3 aromatic heterocycles.